The Morgan fingerprint density at radius 3 is 2.54 bits per heavy atom. The first-order valence-electron chi connectivity index (χ1n) is 8.13. The molecular weight excluding hydrogens is 308 g/mol. The number of para-hydroxylation sites is 1. The third-order valence-electron chi connectivity index (χ3n) is 5.44. The topological polar surface area (TPSA) is 86.7 Å². The van der Waals surface area contributed by atoms with Gasteiger partial charge in [0.15, 0.2) is 0 Å². The highest BCUT2D eigenvalue weighted by Crippen LogP contribution is 2.59. The van der Waals surface area contributed by atoms with Crippen molar-refractivity contribution in [3.05, 3.63) is 29.8 Å². The summed E-state index contributed by atoms with van der Waals surface area (Å²) in [5.41, 5.74) is 1.26. The average Bonchev–Trinajstić information content (AvgIpc) is 3.14. The van der Waals surface area contributed by atoms with E-state index in [0.717, 1.165) is 11.3 Å². The van der Waals surface area contributed by atoms with Gasteiger partial charge >= 0.3 is 5.97 Å². The number of carboxylic acid groups (broad SMARTS) is 1. The van der Waals surface area contributed by atoms with Crippen LogP contribution in [0.2, 0.25) is 0 Å². The molecule has 24 heavy (non-hydrogen) atoms. The summed E-state index contributed by atoms with van der Waals surface area (Å²) >= 11 is 0. The number of hydrogen-bond acceptors (Lipinski definition) is 3. The minimum atomic E-state index is -0.954. The van der Waals surface area contributed by atoms with Gasteiger partial charge in [-0.05, 0) is 29.9 Å². The summed E-state index contributed by atoms with van der Waals surface area (Å²) in [5.74, 6) is -2.69. The molecule has 6 heteroatoms. The Kier molecular flexibility index (Phi) is 3.86. The number of carboxylic acids is 1. The number of carbonyl (C=O) groups excluding carboxylic acids is 2. The lowest BCUT2D eigenvalue weighted by atomic mass is 10.0. The van der Waals surface area contributed by atoms with E-state index in [1.807, 2.05) is 24.3 Å². The van der Waals surface area contributed by atoms with E-state index in [4.69, 9.17) is 0 Å². The largest absolute Gasteiger partial charge is 0.481 e. The number of fused-ring (bicyclic) bond motifs is 1. The van der Waals surface area contributed by atoms with Gasteiger partial charge in [0.05, 0.1) is 11.8 Å². The number of rotatable bonds is 3. The smallest absolute Gasteiger partial charge is 0.307 e. The van der Waals surface area contributed by atoms with Crippen LogP contribution in [0, 0.1) is 17.3 Å². The molecular formula is C18H22N2O4. The fourth-order valence-electron chi connectivity index (χ4n) is 3.80. The van der Waals surface area contributed by atoms with Crippen molar-refractivity contribution in [3.63, 3.8) is 0 Å². The Labute approximate surface area is 140 Å². The summed E-state index contributed by atoms with van der Waals surface area (Å²) in [6.45, 7) is 3.57. The lowest BCUT2D eigenvalue weighted by Crippen LogP contribution is -2.45. The fourth-order valence-corrected chi connectivity index (χ4v) is 3.80. The molecule has 1 saturated carbocycles. The first-order valence-corrected chi connectivity index (χ1v) is 8.13. The molecule has 1 aliphatic heterocycles. The Hall–Kier alpha value is -2.37. The van der Waals surface area contributed by atoms with Crippen molar-refractivity contribution < 1.29 is 19.5 Å². The number of hydrogen-bond donors (Lipinski definition) is 2. The highest BCUT2D eigenvalue weighted by Gasteiger charge is 2.66. The zero-order valence-corrected chi connectivity index (χ0v) is 14.1. The van der Waals surface area contributed by atoms with Crippen molar-refractivity contribution in [1.82, 2.24) is 4.90 Å². The van der Waals surface area contributed by atoms with Gasteiger partial charge in [0.1, 0.15) is 6.04 Å². The monoisotopic (exact) mass is 330 g/mol. The number of carbonyl (C=O) groups is 3. The molecule has 0 saturated heterocycles. The minimum absolute atomic E-state index is 0.221. The second-order valence-corrected chi connectivity index (χ2v) is 7.26. The Morgan fingerprint density at radius 2 is 1.92 bits per heavy atom. The zero-order chi connectivity index (χ0) is 17.6. The summed E-state index contributed by atoms with van der Waals surface area (Å²) in [7, 11) is 1.59. The molecule has 3 atom stereocenters. The van der Waals surface area contributed by atoms with Crippen LogP contribution in [0.15, 0.2) is 24.3 Å². The summed E-state index contributed by atoms with van der Waals surface area (Å²) in [6, 6.07) is 7.00. The van der Waals surface area contributed by atoms with Crippen molar-refractivity contribution in [1.29, 1.82) is 0 Å². The van der Waals surface area contributed by atoms with Crippen LogP contribution in [0.4, 0.5) is 5.69 Å². The quantitative estimate of drug-likeness (QED) is 0.884. The first kappa shape index (κ1) is 16.5. The summed E-state index contributed by atoms with van der Waals surface area (Å²) in [6.07, 6.45) is 1.21. The molecule has 1 aromatic rings. The van der Waals surface area contributed by atoms with Crippen LogP contribution >= 0.6 is 0 Å². The zero-order valence-electron chi connectivity index (χ0n) is 14.1. The van der Waals surface area contributed by atoms with Crippen molar-refractivity contribution >= 4 is 23.5 Å². The predicted molar refractivity (Wildman–Crippen MR) is 88.3 cm³/mol. The lowest BCUT2D eigenvalue weighted by Gasteiger charge is -2.26. The number of aliphatic carboxylic acids is 1. The molecule has 3 rings (SSSR count). The van der Waals surface area contributed by atoms with E-state index in [9.17, 15) is 19.5 Å². The highest BCUT2D eigenvalue weighted by atomic mass is 16.4. The van der Waals surface area contributed by atoms with Crippen LogP contribution in [0.5, 0.6) is 0 Å². The summed E-state index contributed by atoms with van der Waals surface area (Å²) in [4.78, 5) is 38.0. The van der Waals surface area contributed by atoms with Crippen LogP contribution < -0.4 is 5.32 Å². The number of anilines is 1. The van der Waals surface area contributed by atoms with E-state index in [1.54, 1.807) is 20.9 Å². The van der Waals surface area contributed by atoms with Crippen LogP contribution in [0.25, 0.3) is 0 Å². The number of likely N-dealkylation sites (N-methyl/N-ethyl adjacent to an activating group) is 1. The maximum Gasteiger partial charge on any atom is 0.307 e. The van der Waals surface area contributed by atoms with Gasteiger partial charge in [-0.15, -0.1) is 0 Å². The van der Waals surface area contributed by atoms with Gasteiger partial charge in [0.2, 0.25) is 11.8 Å². The number of nitrogens with zero attached hydrogens (tertiary/aromatic N) is 1. The van der Waals surface area contributed by atoms with Gasteiger partial charge in [0, 0.05) is 12.7 Å². The predicted octanol–water partition coefficient (Wildman–Crippen LogP) is 1.76. The third-order valence-corrected chi connectivity index (χ3v) is 5.44. The standard InChI is InChI=1S/C18H22N2O4/c1-18(2)13(14(18)17(23)24)16(22)20(3)12-9-8-10-6-4-5-7-11(10)19-15(12)21/h4-7,12-14H,8-9H2,1-3H3,(H,19,21)(H,23,24)/t12-,13+,14+/m0/s1. The van der Waals surface area contributed by atoms with E-state index in [1.165, 1.54) is 4.90 Å². The van der Waals surface area contributed by atoms with Gasteiger partial charge < -0.3 is 15.3 Å². The van der Waals surface area contributed by atoms with Gasteiger partial charge in [-0.3, -0.25) is 14.4 Å². The molecule has 0 bridgehead atoms. The van der Waals surface area contributed by atoms with E-state index < -0.39 is 29.3 Å². The molecule has 128 valence electrons. The maximum atomic E-state index is 12.7. The normalized spacial score (nSPS) is 27.5. The molecule has 0 radical (unpaired) electrons. The average molecular weight is 330 g/mol. The van der Waals surface area contributed by atoms with Gasteiger partial charge in [-0.1, -0.05) is 32.0 Å². The first-order chi connectivity index (χ1) is 11.2. The second kappa shape index (κ2) is 5.61. The number of aryl methyl sites for hydroxylation is 1. The van der Waals surface area contributed by atoms with Crippen molar-refractivity contribution in [2.45, 2.75) is 32.7 Å². The molecule has 2 amide bonds. The van der Waals surface area contributed by atoms with Crippen LogP contribution in [-0.2, 0) is 20.8 Å². The molecule has 0 unspecified atom stereocenters. The van der Waals surface area contributed by atoms with Gasteiger partial charge in [0.25, 0.3) is 0 Å². The summed E-state index contributed by atoms with van der Waals surface area (Å²) in [5, 5.41) is 12.1. The van der Waals surface area contributed by atoms with Crippen LogP contribution in [0.1, 0.15) is 25.8 Å². The van der Waals surface area contributed by atoms with E-state index in [2.05, 4.69) is 5.32 Å². The maximum absolute atomic E-state index is 12.7. The van der Waals surface area contributed by atoms with Gasteiger partial charge in [-0.2, -0.15) is 0 Å². The van der Waals surface area contributed by atoms with Crippen molar-refractivity contribution in [3.8, 4) is 0 Å². The van der Waals surface area contributed by atoms with Crippen LogP contribution in [-0.4, -0.2) is 40.9 Å². The Morgan fingerprint density at radius 1 is 1.25 bits per heavy atom. The van der Waals surface area contributed by atoms with E-state index in [-0.39, 0.29) is 11.8 Å². The molecule has 1 aromatic carbocycles. The fraction of sp³-hybridized carbons (Fsp3) is 0.500. The summed E-state index contributed by atoms with van der Waals surface area (Å²) < 4.78 is 0. The molecule has 2 N–H and O–H groups in total. The van der Waals surface area contributed by atoms with E-state index >= 15 is 0 Å². The van der Waals surface area contributed by atoms with Gasteiger partial charge in [-0.25, -0.2) is 0 Å². The third kappa shape index (κ3) is 2.56. The molecule has 6 nitrogen and oxygen atoms in total. The second-order valence-electron chi connectivity index (χ2n) is 7.26. The number of amides is 2. The number of nitrogens with one attached hydrogen (secondary N) is 1. The Bertz CT molecular complexity index is 713. The molecule has 1 aliphatic carbocycles. The molecule has 2 aliphatic rings. The highest BCUT2D eigenvalue weighted by molar-refractivity contribution is 6.00. The van der Waals surface area contributed by atoms with Crippen molar-refractivity contribution in [2.24, 2.45) is 17.3 Å². The molecule has 1 fully saturated rings. The Balaban J connectivity index is 1.76. The number of benzene rings is 1. The molecule has 0 aromatic heterocycles. The lowest BCUT2D eigenvalue weighted by molar-refractivity contribution is -0.143. The van der Waals surface area contributed by atoms with E-state index in [0.29, 0.717) is 12.8 Å². The van der Waals surface area contributed by atoms with Crippen LogP contribution in [0.3, 0.4) is 0 Å². The SMILES string of the molecule is CN(C(=O)[C@H]1[C@H](C(=O)O)C1(C)C)[C@H]1CCc2ccccc2NC1=O. The molecule has 0 spiro atoms. The molecule has 1 heterocycles. The van der Waals surface area contributed by atoms with Crippen molar-refractivity contribution in [2.75, 3.05) is 12.4 Å². The minimum Gasteiger partial charge on any atom is -0.481 e.